The predicted molar refractivity (Wildman–Crippen MR) is 91.2 cm³/mol. The molecule has 0 unspecified atom stereocenters. The van der Waals surface area contributed by atoms with Gasteiger partial charge in [-0.2, -0.15) is 0 Å². The van der Waals surface area contributed by atoms with E-state index in [1.54, 1.807) is 9.80 Å². The molecule has 1 aliphatic heterocycles. The average Bonchev–Trinajstić information content (AvgIpc) is 2.48. The van der Waals surface area contributed by atoms with Crippen LogP contribution >= 0.6 is 0 Å². The molecule has 0 bridgehead atoms. The normalized spacial score (nSPS) is 19.5. The van der Waals surface area contributed by atoms with Crippen LogP contribution < -0.4 is 0 Å². The highest BCUT2D eigenvalue weighted by molar-refractivity contribution is 6.71. The van der Waals surface area contributed by atoms with E-state index in [1.807, 2.05) is 27.7 Å². The standard InChI is InChI=1S/C16H32N2O3Si/c1-7-17(8-2)14(19)16(15(20)18(9-3)10-4)12-11-13-22(5,6)21-16/h7-13H2,1-6H3. The lowest BCUT2D eigenvalue weighted by molar-refractivity contribution is -0.166. The fourth-order valence-electron chi connectivity index (χ4n) is 3.26. The molecule has 1 heterocycles. The molecule has 1 aliphatic rings. The van der Waals surface area contributed by atoms with Crippen LogP contribution in [0.5, 0.6) is 0 Å². The van der Waals surface area contributed by atoms with Crippen molar-refractivity contribution in [3.63, 3.8) is 0 Å². The summed E-state index contributed by atoms with van der Waals surface area (Å²) in [7, 11) is -1.99. The minimum atomic E-state index is -1.99. The van der Waals surface area contributed by atoms with Crippen LogP contribution in [0.25, 0.3) is 0 Å². The summed E-state index contributed by atoms with van der Waals surface area (Å²) < 4.78 is 6.31. The summed E-state index contributed by atoms with van der Waals surface area (Å²) in [5, 5.41) is 0. The van der Waals surface area contributed by atoms with Crippen LogP contribution in [0.3, 0.4) is 0 Å². The zero-order chi connectivity index (χ0) is 17.0. The van der Waals surface area contributed by atoms with Crippen molar-refractivity contribution in [2.45, 2.75) is 65.3 Å². The second-order valence-electron chi connectivity index (χ2n) is 6.50. The van der Waals surface area contributed by atoms with E-state index in [4.69, 9.17) is 4.43 Å². The molecule has 5 nitrogen and oxygen atoms in total. The van der Waals surface area contributed by atoms with Gasteiger partial charge in [0.15, 0.2) is 8.32 Å². The minimum Gasteiger partial charge on any atom is -0.396 e. The van der Waals surface area contributed by atoms with Crippen molar-refractivity contribution in [2.24, 2.45) is 0 Å². The largest absolute Gasteiger partial charge is 0.396 e. The molecule has 2 amide bonds. The fourth-order valence-corrected chi connectivity index (χ4v) is 5.61. The number of carbonyl (C=O) groups excluding carboxylic acids is 2. The Morgan fingerprint density at radius 1 is 0.955 bits per heavy atom. The first-order chi connectivity index (χ1) is 10.3. The number of likely N-dealkylation sites (N-methyl/N-ethyl adjacent to an activating group) is 2. The Labute approximate surface area is 136 Å². The van der Waals surface area contributed by atoms with E-state index >= 15 is 0 Å². The number of hydrogen-bond donors (Lipinski definition) is 0. The molecule has 0 aromatic rings. The summed E-state index contributed by atoms with van der Waals surface area (Å²) in [6.07, 6.45) is 1.40. The highest BCUT2D eigenvalue weighted by atomic mass is 28.4. The monoisotopic (exact) mass is 328 g/mol. The molecule has 0 saturated carbocycles. The van der Waals surface area contributed by atoms with E-state index in [2.05, 4.69) is 13.1 Å². The summed E-state index contributed by atoms with van der Waals surface area (Å²) in [6.45, 7) is 14.4. The lowest BCUT2D eigenvalue weighted by Crippen LogP contribution is -2.65. The van der Waals surface area contributed by atoms with E-state index in [-0.39, 0.29) is 11.8 Å². The first kappa shape index (κ1) is 19.2. The lowest BCUT2D eigenvalue weighted by atomic mass is 9.93. The Morgan fingerprint density at radius 3 is 1.68 bits per heavy atom. The Bertz CT molecular complexity index is 380. The minimum absolute atomic E-state index is 0.144. The Morgan fingerprint density at radius 2 is 1.36 bits per heavy atom. The fraction of sp³-hybridized carbons (Fsp3) is 0.875. The van der Waals surface area contributed by atoms with Crippen molar-refractivity contribution < 1.29 is 14.0 Å². The summed E-state index contributed by atoms with van der Waals surface area (Å²) >= 11 is 0. The molecule has 0 radical (unpaired) electrons. The highest BCUT2D eigenvalue weighted by Gasteiger charge is 2.55. The van der Waals surface area contributed by atoms with Gasteiger partial charge < -0.3 is 14.2 Å². The van der Waals surface area contributed by atoms with Crippen molar-refractivity contribution >= 4 is 20.1 Å². The third-order valence-corrected chi connectivity index (χ3v) is 7.01. The maximum Gasteiger partial charge on any atom is 0.263 e. The van der Waals surface area contributed by atoms with E-state index in [0.717, 1.165) is 12.5 Å². The van der Waals surface area contributed by atoms with Crippen LogP contribution in [0.2, 0.25) is 19.1 Å². The number of amides is 2. The maximum atomic E-state index is 13.1. The van der Waals surface area contributed by atoms with Crippen LogP contribution in [0, 0.1) is 0 Å². The van der Waals surface area contributed by atoms with Gasteiger partial charge in [-0.1, -0.05) is 0 Å². The maximum absolute atomic E-state index is 13.1. The van der Waals surface area contributed by atoms with Crippen LogP contribution in [0.4, 0.5) is 0 Å². The number of nitrogens with zero attached hydrogens (tertiary/aromatic N) is 2. The molecule has 6 heteroatoms. The summed E-state index contributed by atoms with van der Waals surface area (Å²) in [5.41, 5.74) is -1.29. The molecule has 1 fully saturated rings. The van der Waals surface area contributed by atoms with Gasteiger partial charge in [-0.25, -0.2) is 0 Å². The molecule has 0 aromatic carbocycles. The van der Waals surface area contributed by atoms with Gasteiger partial charge in [-0.15, -0.1) is 0 Å². The van der Waals surface area contributed by atoms with Crippen LogP contribution in [0.15, 0.2) is 0 Å². The topological polar surface area (TPSA) is 49.9 Å². The first-order valence-electron chi connectivity index (χ1n) is 8.56. The Balaban J connectivity index is 3.26. The summed E-state index contributed by atoms with van der Waals surface area (Å²) in [5.74, 6) is -0.288. The van der Waals surface area contributed by atoms with Crippen molar-refractivity contribution in [3.05, 3.63) is 0 Å². The number of rotatable bonds is 6. The van der Waals surface area contributed by atoms with Gasteiger partial charge in [-0.05, 0) is 59.7 Å². The van der Waals surface area contributed by atoms with Crippen molar-refractivity contribution in [3.8, 4) is 0 Å². The van der Waals surface area contributed by atoms with Gasteiger partial charge in [0.2, 0.25) is 5.60 Å². The van der Waals surface area contributed by atoms with Gasteiger partial charge in [-0.3, -0.25) is 9.59 Å². The quantitative estimate of drug-likeness (QED) is 0.556. The second-order valence-corrected chi connectivity index (χ2v) is 10.7. The molecule has 128 valence electrons. The molecule has 0 atom stereocenters. The first-order valence-corrected chi connectivity index (χ1v) is 11.7. The van der Waals surface area contributed by atoms with Gasteiger partial charge >= 0.3 is 0 Å². The van der Waals surface area contributed by atoms with Crippen LogP contribution in [0.1, 0.15) is 40.5 Å². The number of hydrogen-bond acceptors (Lipinski definition) is 3. The smallest absolute Gasteiger partial charge is 0.263 e. The van der Waals surface area contributed by atoms with E-state index in [1.165, 1.54) is 0 Å². The molecular formula is C16H32N2O3Si. The summed E-state index contributed by atoms with van der Waals surface area (Å²) in [6, 6.07) is 1.01. The molecule has 0 aliphatic carbocycles. The predicted octanol–water partition coefficient (Wildman–Crippen LogP) is 2.48. The molecule has 0 spiro atoms. The summed E-state index contributed by atoms with van der Waals surface area (Å²) in [4.78, 5) is 29.7. The Kier molecular flexibility index (Phi) is 6.61. The van der Waals surface area contributed by atoms with E-state index in [9.17, 15) is 9.59 Å². The molecule has 1 rings (SSSR count). The van der Waals surface area contributed by atoms with E-state index in [0.29, 0.717) is 32.6 Å². The zero-order valence-electron chi connectivity index (χ0n) is 15.1. The SMILES string of the molecule is CCN(CC)C(=O)C1(C(=O)N(CC)CC)CCC[Si](C)(C)O1. The van der Waals surface area contributed by atoms with Crippen LogP contribution in [-0.2, 0) is 14.0 Å². The third kappa shape index (κ3) is 3.71. The molecule has 0 N–H and O–H groups in total. The van der Waals surface area contributed by atoms with Gasteiger partial charge in [0.25, 0.3) is 11.8 Å². The number of carbonyl (C=O) groups is 2. The Hall–Kier alpha value is -0.883. The lowest BCUT2D eigenvalue weighted by Gasteiger charge is -2.45. The molecule has 0 aromatic heterocycles. The van der Waals surface area contributed by atoms with Gasteiger partial charge in [0, 0.05) is 26.2 Å². The van der Waals surface area contributed by atoms with Crippen LogP contribution in [-0.4, -0.2) is 61.7 Å². The zero-order valence-corrected chi connectivity index (χ0v) is 16.1. The average molecular weight is 329 g/mol. The highest BCUT2D eigenvalue weighted by Crippen LogP contribution is 2.36. The van der Waals surface area contributed by atoms with Gasteiger partial charge in [0.1, 0.15) is 0 Å². The van der Waals surface area contributed by atoms with Crippen molar-refractivity contribution in [1.29, 1.82) is 0 Å². The van der Waals surface area contributed by atoms with Crippen molar-refractivity contribution in [1.82, 2.24) is 9.80 Å². The molecular weight excluding hydrogens is 296 g/mol. The van der Waals surface area contributed by atoms with Crippen molar-refractivity contribution in [2.75, 3.05) is 26.2 Å². The second kappa shape index (κ2) is 7.59. The molecule has 22 heavy (non-hydrogen) atoms. The van der Waals surface area contributed by atoms with Gasteiger partial charge in [0.05, 0.1) is 0 Å². The third-order valence-electron chi connectivity index (χ3n) is 4.55. The van der Waals surface area contributed by atoms with E-state index < -0.39 is 13.9 Å². The molecule has 1 saturated heterocycles.